The molecule has 4 rings (SSSR count). The topological polar surface area (TPSA) is 34.1 Å². The molecule has 0 saturated carbocycles. The molecule has 1 aliphatic heterocycles. The molecule has 19 heavy (non-hydrogen) atoms. The molecule has 2 nitrogen and oxygen atoms in total. The summed E-state index contributed by atoms with van der Waals surface area (Å²) >= 11 is 0. The zero-order chi connectivity index (χ0) is 13.1. The standard InChI is InChI=1S/C16H14O2S/c17-19(18)10-4-9-16(19)8-3-7-14-13-6-2-1-5-12(13)11-15(14)16/h1-3,5-8,11H,4,9-10H2. The van der Waals surface area contributed by atoms with E-state index in [1.807, 2.05) is 30.4 Å². The average molecular weight is 270 g/mol. The summed E-state index contributed by atoms with van der Waals surface area (Å²) < 4.78 is 24.3. The fourth-order valence-electron chi connectivity index (χ4n) is 3.52. The highest BCUT2D eigenvalue weighted by Crippen LogP contribution is 2.51. The van der Waals surface area contributed by atoms with Crippen LogP contribution >= 0.6 is 0 Å². The van der Waals surface area contributed by atoms with E-state index in [-0.39, 0.29) is 0 Å². The van der Waals surface area contributed by atoms with Gasteiger partial charge in [-0.05, 0) is 41.2 Å². The molecule has 2 aliphatic carbocycles. The molecule has 0 bridgehead atoms. The molecule has 1 unspecified atom stereocenters. The van der Waals surface area contributed by atoms with Crippen molar-refractivity contribution in [3.05, 3.63) is 59.2 Å². The maximum absolute atomic E-state index is 12.5. The van der Waals surface area contributed by atoms with Gasteiger partial charge in [-0.1, -0.05) is 42.5 Å². The molecule has 1 aromatic rings. The average Bonchev–Trinajstić information content (AvgIpc) is 2.90. The fraction of sp³-hybridized carbons (Fsp3) is 0.250. The Balaban J connectivity index is 1.99. The number of benzene rings is 1. The molecule has 1 spiro atoms. The van der Waals surface area contributed by atoms with E-state index in [0.717, 1.165) is 28.7 Å². The summed E-state index contributed by atoms with van der Waals surface area (Å²) in [6.07, 6.45) is 9.37. The minimum atomic E-state index is -3.08. The highest BCUT2D eigenvalue weighted by Gasteiger charge is 2.51. The molecular formula is C16H14O2S. The van der Waals surface area contributed by atoms with Gasteiger partial charge in [0.1, 0.15) is 4.75 Å². The Bertz CT molecular complexity index is 766. The molecule has 1 aromatic carbocycles. The maximum atomic E-state index is 12.5. The summed E-state index contributed by atoms with van der Waals surface area (Å²) in [5.74, 6) is 0.304. The van der Waals surface area contributed by atoms with Crippen LogP contribution < -0.4 is 0 Å². The van der Waals surface area contributed by atoms with E-state index in [0.29, 0.717) is 12.2 Å². The minimum Gasteiger partial charge on any atom is -0.228 e. The first-order chi connectivity index (χ1) is 9.14. The first kappa shape index (κ1) is 11.2. The van der Waals surface area contributed by atoms with Crippen molar-refractivity contribution in [3.63, 3.8) is 0 Å². The summed E-state index contributed by atoms with van der Waals surface area (Å²) in [6, 6.07) is 8.12. The Kier molecular flexibility index (Phi) is 2.06. The van der Waals surface area contributed by atoms with E-state index in [1.165, 1.54) is 0 Å². The largest absolute Gasteiger partial charge is 0.228 e. The molecule has 3 aliphatic rings. The molecular weight excluding hydrogens is 256 g/mol. The number of allylic oxidation sites excluding steroid dienone is 3. The molecule has 1 heterocycles. The lowest BCUT2D eigenvalue weighted by Gasteiger charge is -2.29. The van der Waals surface area contributed by atoms with Gasteiger partial charge in [-0.3, -0.25) is 0 Å². The fourth-order valence-corrected chi connectivity index (χ4v) is 5.65. The Morgan fingerprint density at radius 1 is 1.16 bits per heavy atom. The zero-order valence-electron chi connectivity index (χ0n) is 10.5. The van der Waals surface area contributed by atoms with Crippen LogP contribution in [0, 0.1) is 0 Å². The maximum Gasteiger partial charge on any atom is 0.163 e. The molecule has 0 amide bonds. The van der Waals surface area contributed by atoms with E-state index < -0.39 is 14.6 Å². The smallest absolute Gasteiger partial charge is 0.163 e. The number of fused-ring (bicyclic) bond motifs is 4. The van der Waals surface area contributed by atoms with E-state index in [2.05, 4.69) is 18.2 Å². The number of hydrogen-bond acceptors (Lipinski definition) is 2. The summed E-state index contributed by atoms with van der Waals surface area (Å²) in [7, 11) is -3.08. The van der Waals surface area contributed by atoms with Gasteiger partial charge in [0.05, 0.1) is 5.75 Å². The lowest BCUT2D eigenvalue weighted by Crippen LogP contribution is -2.35. The normalized spacial score (nSPS) is 29.9. The van der Waals surface area contributed by atoms with Gasteiger partial charge in [-0.2, -0.15) is 0 Å². The molecule has 0 N–H and O–H groups in total. The molecule has 0 aromatic heterocycles. The van der Waals surface area contributed by atoms with Gasteiger partial charge in [0, 0.05) is 0 Å². The summed E-state index contributed by atoms with van der Waals surface area (Å²) in [5, 5.41) is 0. The highest BCUT2D eigenvalue weighted by atomic mass is 32.2. The van der Waals surface area contributed by atoms with Gasteiger partial charge in [0.25, 0.3) is 0 Å². The van der Waals surface area contributed by atoms with Gasteiger partial charge < -0.3 is 0 Å². The molecule has 1 atom stereocenters. The third-order valence-corrected chi connectivity index (χ3v) is 6.94. The Hall–Kier alpha value is -1.61. The Labute approximate surface area is 113 Å². The molecule has 0 radical (unpaired) electrons. The van der Waals surface area contributed by atoms with Crippen LogP contribution in [0.5, 0.6) is 0 Å². The van der Waals surface area contributed by atoms with E-state index in [9.17, 15) is 8.42 Å². The SMILES string of the molecule is O=S1(=O)CCCC12C=CC=C1C2=Cc2ccccc21. The summed E-state index contributed by atoms with van der Waals surface area (Å²) in [6.45, 7) is 0. The summed E-state index contributed by atoms with van der Waals surface area (Å²) in [5.41, 5.74) is 4.36. The molecule has 1 saturated heterocycles. The van der Waals surface area contributed by atoms with Gasteiger partial charge in [-0.15, -0.1) is 0 Å². The van der Waals surface area contributed by atoms with E-state index in [4.69, 9.17) is 0 Å². The van der Waals surface area contributed by atoms with Gasteiger partial charge in [0.15, 0.2) is 9.84 Å². The third kappa shape index (κ3) is 1.29. The van der Waals surface area contributed by atoms with Crippen molar-refractivity contribution in [1.29, 1.82) is 0 Å². The Morgan fingerprint density at radius 3 is 2.79 bits per heavy atom. The van der Waals surface area contributed by atoms with Gasteiger partial charge in [-0.25, -0.2) is 8.42 Å². The van der Waals surface area contributed by atoms with Crippen LogP contribution in [0.1, 0.15) is 24.0 Å². The van der Waals surface area contributed by atoms with Crippen LogP contribution in [0.4, 0.5) is 0 Å². The second-order valence-corrected chi connectivity index (χ2v) is 7.76. The first-order valence-electron chi connectivity index (χ1n) is 6.58. The van der Waals surface area contributed by atoms with Crippen LogP contribution in [0.3, 0.4) is 0 Å². The second-order valence-electron chi connectivity index (χ2n) is 5.40. The van der Waals surface area contributed by atoms with Crippen LogP contribution in [-0.4, -0.2) is 18.9 Å². The zero-order valence-corrected chi connectivity index (χ0v) is 11.3. The van der Waals surface area contributed by atoms with Crippen molar-refractivity contribution < 1.29 is 8.42 Å². The van der Waals surface area contributed by atoms with Crippen molar-refractivity contribution >= 4 is 21.5 Å². The first-order valence-corrected chi connectivity index (χ1v) is 8.23. The molecule has 1 fully saturated rings. The van der Waals surface area contributed by atoms with Gasteiger partial charge in [0.2, 0.25) is 0 Å². The van der Waals surface area contributed by atoms with Crippen molar-refractivity contribution in [2.24, 2.45) is 0 Å². The molecule has 3 heteroatoms. The van der Waals surface area contributed by atoms with Crippen LogP contribution in [0.2, 0.25) is 0 Å². The lowest BCUT2D eigenvalue weighted by atomic mass is 9.85. The predicted octanol–water partition coefficient (Wildman–Crippen LogP) is 2.98. The lowest BCUT2D eigenvalue weighted by molar-refractivity contribution is 0.583. The van der Waals surface area contributed by atoms with Crippen molar-refractivity contribution in [2.45, 2.75) is 17.6 Å². The van der Waals surface area contributed by atoms with Crippen molar-refractivity contribution in [3.8, 4) is 0 Å². The number of rotatable bonds is 0. The van der Waals surface area contributed by atoms with Crippen LogP contribution in [-0.2, 0) is 9.84 Å². The van der Waals surface area contributed by atoms with Crippen LogP contribution in [0.25, 0.3) is 11.6 Å². The van der Waals surface area contributed by atoms with E-state index in [1.54, 1.807) is 0 Å². The quantitative estimate of drug-likeness (QED) is 0.726. The monoisotopic (exact) mass is 270 g/mol. The number of sulfone groups is 1. The number of hydrogen-bond donors (Lipinski definition) is 0. The van der Waals surface area contributed by atoms with Crippen molar-refractivity contribution in [1.82, 2.24) is 0 Å². The van der Waals surface area contributed by atoms with Crippen LogP contribution in [0.15, 0.2) is 48.1 Å². The predicted molar refractivity (Wildman–Crippen MR) is 77.3 cm³/mol. The minimum absolute atomic E-state index is 0.304. The molecule has 96 valence electrons. The van der Waals surface area contributed by atoms with Crippen molar-refractivity contribution in [2.75, 3.05) is 5.75 Å². The van der Waals surface area contributed by atoms with E-state index >= 15 is 0 Å². The second kappa shape index (κ2) is 3.48. The summed E-state index contributed by atoms with van der Waals surface area (Å²) in [4.78, 5) is 0. The van der Waals surface area contributed by atoms with Gasteiger partial charge >= 0.3 is 0 Å². The Morgan fingerprint density at radius 2 is 2.00 bits per heavy atom. The highest BCUT2D eigenvalue weighted by molar-refractivity contribution is 7.93. The third-order valence-electron chi connectivity index (χ3n) is 4.44.